The Hall–Kier alpha value is -1.72. The fraction of sp³-hybridized carbons (Fsp3) is 0.556. The maximum Gasteiger partial charge on any atom is 0.343 e. The highest BCUT2D eigenvalue weighted by atomic mass is 16.5. The summed E-state index contributed by atoms with van der Waals surface area (Å²) >= 11 is 0. The van der Waals surface area contributed by atoms with E-state index in [-0.39, 0.29) is 6.04 Å². The molecule has 0 aliphatic carbocycles. The predicted molar refractivity (Wildman–Crippen MR) is 52.3 cm³/mol. The number of hydrogen-bond acceptors (Lipinski definition) is 5. The first kappa shape index (κ1) is 9.82. The van der Waals surface area contributed by atoms with Crippen LogP contribution in [0.15, 0.2) is 16.4 Å². The zero-order valence-electron chi connectivity index (χ0n) is 8.67. The minimum absolute atomic E-state index is 0.140. The van der Waals surface area contributed by atoms with Gasteiger partial charge in [-0.1, -0.05) is 0 Å². The lowest BCUT2D eigenvalue weighted by Gasteiger charge is -2.14. The molecule has 0 radical (unpaired) electrons. The molecular formula is C9H12N4O2. The topological polar surface area (TPSA) is 68.8 Å². The van der Waals surface area contributed by atoms with Gasteiger partial charge in [0.05, 0.1) is 25.4 Å². The quantitative estimate of drug-likeness (QED) is 0.695. The number of carbonyl (C=O) groups is 1. The molecule has 1 atom stereocenters. The Balaban J connectivity index is 2.36. The van der Waals surface area contributed by atoms with Gasteiger partial charge in [0.15, 0.2) is 5.82 Å². The van der Waals surface area contributed by atoms with Crippen molar-refractivity contribution in [3.8, 4) is 0 Å². The highest BCUT2D eigenvalue weighted by Gasteiger charge is 2.23. The van der Waals surface area contributed by atoms with Gasteiger partial charge < -0.3 is 4.74 Å². The molecule has 0 amide bonds. The van der Waals surface area contributed by atoms with Crippen LogP contribution in [-0.2, 0) is 4.74 Å². The van der Waals surface area contributed by atoms with Crippen LogP contribution >= 0.6 is 0 Å². The van der Waals surface area contributed by atoms with Crippen LogP contribution in [0.25, 0.3) is 0 Å². The van der Waals surface area contributed by atoms with E-state index in [0.717, 1.165) is 0 Å². The third kappa shape index (κ3) is 1.62. The van der Waals surface area contributed by atoms with E-state index in [1.54, 1.807) is 11.6 Å². The fourth-order valence-electron chi connectivity index (χ4n) is 1.43. The second-order valence-electron chi connectivity index (χ2n) is 3.32. The van der Waals surface area contributed by atoms with Crippen LogP contribution in [0, 0.1) is 0 Å². The van der Waals surface area contributed by atoms with E-state index in [2.05, 4.69) is 15.3 Å². The zero-order valence-corrected chi connectivity index (χ0v) is 8.67. The molecule has 2 heterocycles. The number of ether oxygens (including phenoxy) is 1. The first-order valence-electron chi connectivity index (χ1n) is 4.86. The molecule has 0 saturated carbocycles. The number of nitrogens with zero attached hydrogens (tertiary/aromatic N) is 4. The van der Waals surface area contributed by atoms with Crippen LogP contribution in [0.5, 0.6) is 0 Å². The number of fused-ring (bicyclic) bond motifs is 1. The molecule has 0 aromatic carbocycles. The number of aromatic nitrogens is 2. The number of carbonyl (C=O) groups excluding carboxylic acids is 1. The molecule has 1 aromatic rings. The van der Waals surface area contributed by atoms with Crippen molar-refractivity contribution in [3.05, 3.63) is 11.8 Å². The molecule has 0 fully saturated rings. The minimum atomic E-state index is -0.396. The van der Waals surface area contributed by atoms with Crippen LogP contribution in [0.4, 0.5) is 5.82 Å². The smallest absolute Gasteiger partial charge is 0.343 e. The lowest BCUT2D eigenvalue weighted by Crippen LogP contribution is -2.13. The van der Waals surface area contributed by atoms with Crippen molar-refractivity contribution < 1.29 is 9.53 Å². The number of esters is 1. The SMILES string of the molecule is CCOC(=O)c1cnn2c1N=NCC2C. The summed E-state index contributed by atoms with van der Waals surface area (Å²) in [5.74, 6) is 0.0963. The Bertz CT molecular complexity index is 410. The van der Waals surface area contributed by atoms with Gasteiger partial charge in [-0.25, -0.2) is 9.48 Å². The molecule has 0 N–H and O–H groups in total. The van der Waals surface area contributed by atoms with Gasteiger partial charge in [0, 0.05) is 0 Å². The van der Waals surface area contributed by atoms with E-state index in [0.29, 0.717) is 24.5 Å². The molecule has 0 bridgehead atoms. The minimum Gasteiger partial charge on any atom is -0.462 e. The fourth-order valence-corrected chi connectivity index (χ4v) is 1.43. The Kier molecular flexibility index (Phi) is 2.49. The van der Waals surface area contributed by atoms with Gasteiger partial charge >= 0.3 is 5.97 Å². The summed E-state index contributed by atoms with van der Waals surface area (Å²) in [5, 5.41) is 12.0. The maximum absolute atomic E-state index is 11.5. The molecule has 1 unspecified atom stereocenters. The Morgan fingerprint density at radius 2 is 2.53 bits per heavy atom. The highest BCUT2D eigenvalue weighted by molar-refractivity contribution is 5.93. The van der Waals surface area contributed by atoms with E-state index in [1.807, 2.05) is 6.92 Å². The van der Waals surface area contributed by atoms with Crippen LogP contribution < -0.4 is 0 Å². The van der Waals surface area contributed by atoms with Crippen molar-refractivity contribution in [1.82, 2.24) is 9.78 Å². The van der Waals surface area contributed by atoms with Gasteiger partial charge in [0.2, 0.25) is 0 Å². The van der Waals surface area contributed by atoms with Crippen LogP contribution in [0.1, 0.15) is 30.2 Å². The summed E-state index contributed by atoms with van der Waals surface area (Å²) in [6, 6.07) is 0.140. The van der Waals surface area contributed by atoms with Crippen molar-refractivity contribution in [3.63, 3.8) is 0 Å². The first-order valence-corrected chi connectivity index (χ1v) is 4.86. The summed E-state index contributed by atoms with van der Waals surface area (Å²) in [7, 11) is 0. The number of azo groups is 1. The average Bonchev–Trinajstić information content (AvgIpc) is 2.63. The molecule has 6 heteroatoms. The summed E-state index contributed by atoms with van der Waals surface area (Å²) in [6.07, 6.45) is 1.48. The summed E-state index contributed by atoms with van der Waals surface area (Å²) in [5.41, 5.74) is 0.382. The summed E-state index contributed by atoms with van der Waals surface area (Å²) in [6.45, 7) is 4.68. The molecular weight excluding hydrogens is 196 g/mol. The van der Waals surface area contributed by atoms with E-state index in [4.69, 9.17) is 4.74 Å². The molecule has 6 nitrogen and oxygen atoms in total. The zero-order chi connectivity index (χ0) is 10.8. The molecule has 1 aliphatic rings. The summed E-state index contributed by atoms with van der Waals surface area (Å²) in [4.78, 5) is 11.5. The van der Waals surface area contributed by atoms with Crippen molar-refractivity contribution in [2.75, 3.05) is 13.2 Å². The lowest BCUT2D eigenvalue weighted by atomic mass is 10.3. The number of hydrogen-bond donors (Lipinski definition) is 0. The average molecular weight is 208 g/mol. The van der Waals surface area contributed by atoms with Crippen molar-refractivity contribution in [2.24, 2.45) is 10.2 Å². The molecule has 1 aliphatic heterocycles. The van der Waals surface area contributed by atoms with Gasteiger partial charge in [-0.15, -0.1) is 5.11 Å². The Morgan fingerprint density at radius 3 is 3.27 bits per heavy atom. The first-order chi connectivity index (χ1) is 7.24. The third-order valence-corrected chi connectivity index (χ3v) is 2.19. The Labute approximate surface area is 86.9 Å². The highest BCUT2D eigenvalue weighted by Crippen LogP contribution is 2.27. The van der Waals surface area contributed by atoms with Gasteiger partial charge in [0.25, 0.3) is 0 Å². The van der Waals surface area contributed by atoms with Gasteiger partial charge in [-0.2, -0.15) is 10.2 Å². The van der Waals surface area contributed by atoms with Crippen LogP contribution in [0.2, 0.25) is 0 Å². The van der Waals surface area contributed by atoms with Gasteiger partial charge in [0.1, 0.15) is 5.56 Å². The second kappa shape index (κ2) is 3.80. The standard InChI is InChI=1S/C9H12N4O2/c1-3-15-9(14)7-5-11-13-6(2)4-10-12-8(7)13/h5-6H,3-4H2,1-2H3. The number of rotatable bonds is 2. The van der Waals surface area contributed by atoms with E-state index in [9.17, 15) is 4.79 Å². The van der Waals surface area contributed by atoms with Crippen molar-refractivity contribution in [2.45, 2.75) is 19.9 Å². The van der Waals surface area contributed by atoms with Crippen LogP contribution in [0.3, 0.4) is 0 Å². The Morgan fingerprint density at radius 1 is 1.73 bits per heavy atom. The lowest BCUT2D eigenvalue weighted by molar-refractivity contribution is 0.0527. The maximum atomic E-state index is 11.5. The van der Waals surface area contributed by atoms with Crippen molar-refractivity contribution >= 4 is 11.8 Å². The van der Waals surface area contributed by atoms with E-state index >= 15 is 0 Å². The van der Waals surface area contributed by atoms with Gasteiger partial charge in [-0.3, -0.25) is 0 Å². The monoisotopic (exact) mass is 208 g/mol. The second-order valence-corrected chi connectivity index (χ2v) is 3.32. The van der Waals surface area contributed by atoms with E-state index < -0.39 is 5.97 Å². The third-order valence-electron chi connectivity index (χ3n) is 2.19. The van der Waals surface area contributed by atoms with Crippen LogP contribution in [-0.4, -0.2) is 28.9 Å². The molecule has 2 rings (SSSR count). The van der Waals surface area contributed by atoms with Crippen molar-refractivity contribution in [1.29, 1.82) is 0 Å². The molecule has 1 aromatic heterocycles. The van der Waals surface area contributed by atoms with Gasteiger partial charge in [-0.05, 0) is 13.8 Å². The molecule has 0 saturated heterocycles. The normalized spacial score (nSPS) is 18.7. The van der Waals surface area contributed by atoms with E-state index in [1.165, 1.54) is 6.20 Å². The summed E-state index contributed by atoms with van der Waals surface area (Å²) < 4.78 is 6.59. The largest absolute Gasteiger partial charge is 0.462 e. The molecule has 80 valence electrons. The molecule has 15 heavy (non-hydrogen) atoms. The molecule has 0 spiro atoms. The predicted octanol–water partition coefficient (Wildman–Crippen LogP) is 1.72.